The second-order valence-electron chi connectivity index (χ2n) is 6.43. The molecule has 0 heterocycles. The van der Waals surface area contributed by atoms with Crippen LogP contribution in [0.2, 0.25) is 0 Å². The maximum atomic E-state index is 12.9. The van der Waals surface area contributed by atoms with Crippen molar-refractivity contribution < 1.29 is 14.3 Å². The number of benzene rings is 2. The molecule has 2 amide bonds. The fourth-order valence-corrected chi connectivity index (χ4v) is 2.87. The molecule has 5 heteroatoms. The number of methoxy groups -OCH3 is 1. The smallest absolute Gasteiger partial charge is 0.242 e. The quantitative estimate of drug-likeness (QED) is 0.740. The van der Waals surface area contributed by atoms with E-state index in [9.17, 15) is 9.59 Å². The number of ether oxygens (including phenoxy) is 1. The van der Waals surface area contributed by atoms with Gasteiger partial charge in [0.2, 0.25) is 11.8 Å². The van der Waals surface area contributed by atoms with Gasteiger partial charge in [-0.05, 0) is 43.5 Å². The van der Waals surface area contributed by atoms with E-state index in [0.717, 1.165) is 16.9 Å². The normalized spacial score (nSPS) is 11.5. The van der Waals surface area contributed by atoms with Gasteiger partial charge >= 0.3 is 0 Å². The van der Waals surface area contributed by atoms with Crippen LogP contribution in [0, 0.1) is 0 Å². The zero-order chi connectivity index (χ0) is 19.6. The Kier molecular flexibility index (Phi) is 7.86. The zero-order valence-corrected chi connectivity index (χ0v) is 16.3. The first-order chi connectivity index (χ1) is 13.0. The number of likely N-dealkylation sites (N-methyl/N-ethyl adjacent to an activating group) is 1. The highest BCUT2D eigenvalue weighted by Crippen LogP contribution is 2.16. The van der Waals surface area contributed by atoms with Gasteiger partial charge in [-0.25, -0.2) is 0 Å². The molecule has 5 nitrogen and oxygen atoms in total. The Bertz CT molecular complexity index is 729. The van der Waals surface area contributed by atoms with E-state index in [1.54, 1.807) is 18.9 Å². The van der Waals surface area contributed by atoms with E-state index in [2.05, 4.69) is 5.32 Å². The number of carbonyl (C=O) groups excluding carboxylic acids is 2. The summed E-state index contributed by atoms with van der Waals surface area (Å²) in [4.78, 5) is 26.9. The predicted molar refractivity (Wildman–Crippen MR) is 106 cm³/mol. The molecule has 0 aliphatic rings. The second kappa shape index (κ2) is 10.4. The number of amides is 2. The molecule has 0 aliphatic heterocycles. The molecule has 0 saturated heterocycles. The van der Waals surface area contributed by atoms with Crippen molar-refractivity contribution in [2.45, 2.75) is 39.3 Å². The summed E-state index contributed by atoms with van der Waals surface area (Å²) < 4.78 is 5.18. The lowest BCUT2D eigenvalue weighted by molar-refractivity contribution is -0.140. The first-order valence-electron chi connectivity index (χ1n) is 9.29. The first kappa shape index (κ1) is 20.5. The largest absolute Gasteiger partial charge is 0.497 e. The van der Waals surface area contributed by atoms with Gasteiger partial charge in [0, 0.05) is 19.5 Å². The molecule has 27 heavy (non-hydrogen) atoms. The van der Waals surface area contributed by atoms with E-state index >= 15 is 0 Å². The molecule has 0 radical (unpaired) electrons. The number of nitrogens with zero attached hydrogens (tertiary/aromatic N) is 1. The first-order valence-corrected chi connectivity index (χ1v) is 9.29. The minimum atomic E-state index is -0.532. The van der Waals surface area contributed by atoms with Gasteiger partial charge in [-0.2, -0.15) is 0 Å². The Balaban J connectivity index is 2.11. The number of nitrogens with one attached hydrogen (secondary N) is 1. The van der Waals surface area contributed by atoms with Crippen LogP contribution in [0.15, 0.2) is 54.6 Å². The minimum Gasteiger partial charge on any atom is -0.497 e. The molecule has 1 unspecified atom stereocenters. The van der Waals surface area contributed by atoms with Crippen molar-refractivity contribution in [3.8, 4) is 5.75 Å². The van der Waals surface area contributed by atoms with E-state index < -0.39 is 6.04 Å². The Morgan fingerprint density at radius 2 is 1.70 bits per heavy atom. The molecule has 1 N–H and O–H groups in total. The van der Waals surface area contributed by atoms with E-state index in [1.807, 2.05) is 61.5 Å². The Labute approximate surface area is 161 Å². The summed E-state index contributed by atoms with van der Waals surface area (Å²) in [5, 5.41) is 2.81. The molecular formula is C22H28N2O3. The second-order valence-corrected chi connectivity index (χ2v) is 6.43. The number of aryl methyl sites for hydroxylation is 1. The number of hydrogen-bond acceptors (Lipinski definition) is 3. The standard InChI is InChI=1S/C22H28N2O3/c1-4-23-22(26)17(2)24(16-19-10-13-20(27-3)14-11-19)21(25)15-12-18-8-6-5-7-9-18/h5-11,13-14,17H,4,12,15-16H2,1-3H3,(H,23,26). The van der Waals surface area contributed by atoms with Gasteiger partial charge in [-0.15, -0.1) is 0 Å². The van der Waals surface area contributed by atoms with Gasteiger partial charge in [0.1, 0.15) is 11.8 Å². The lowest BCUT2D eigenvalue weighted by Crippen LogP contribution is -2.47. The fraction of sp³-hybridized carbons (Fsp3) is 0.364. The molecule has 144 valence electrons. The summed E-state index contributed by atoms with van der Waals surface area (Å²) in [5.41, 5.74) is 2.07. The molecule has 2 aromatic carbocycles. The van der Waals surface area contributed by atoms with Crippen molar-refractivity contribution in [3.63, 3.8) is 0 Å². The van der Waals surface area contributed by atoms with Gasteiger partial charge in [-0.3, -0.25) is 9.59 Å². The Morgan fingerprint density at radius 1 is 1.04 bits per heavy atom. The molecule has 2 rings (SSSR count). The van der Waals surface area contributed by atoms with Crippen LogP contribution in [0.1, 0.15) is 31.4 Å². The van der Waals surface area contributed by atoms with E-state index in [4.69, 9.17) is 4.74 Å². The maximum absolute atomic E-state index is 12.9. The average Bonchev–Trinajstić information content (AvgIpc) is 2.71. The summed E-state index contributed by atoms with van der Waals surface area (Å²) >= 11 is 0. The Morgan fingerprint density at radius 3 is 2.30 bits per heavy atom. The van der Waals surface area contributed by atoms with Crippen LogP contribution in [0.4, 0.5) is 0 Å². The summed E-state index contributed by atoms with van der Waals surface area (Å²) in [7, 11) is 1.62. The molecule has 1 atom stereocenters. The van der Waals surface area contributed by atoms with Crippen molar-refractivity contribution in [2.24, 2.45) is 0 Å². The highest BCUT2D eigenvalue weighted by molar-refractivity contribution is 5.87. The van der Waals surface area contributed by atoms with Crippen LogP contribution >= 0.6 is 0 Å². The maximum Gasteiger partial charge on any atom is 0.242 e. The van der Waals surface area contributed by atoms with Crippen LogP contribution in [-0.4, -0.2) is 36.4 Å². The number of rotatable bonds is 9. The van der Waals surface area contributed by atoms with E-state index in [-0.39, 0.29) is 11.8 Å². The van der Waals surface area contributed by atoms with Crippen LogP contribution in [-0.2, 0) is 22.6 Å². The van der Waals surface area contributed by atoms with Gasteiger partial charge in [0.15, 0.2) is 0 Å². The highest BCUT2D eigenvalue weighted by Gasteiger charge is 2.25. The van der Waals surface area contributed by atoms with Gasteiger partial charge in [-0.1, -0.05) is 42.5 Å². The molecule has 0 aliphatic carbocycles. The van der Waals surface area contributed by atoms with Crippen LogP contribution < -0.4 is 10.1 Å². The lowest BCUT2D eigenvalue weighted by atomic mass is 10.1. The van der Waals surface area contributed by atoms with Crippen LogP contribution in [0.3, 0.4) is 0 Å². The molecule has 0 saturated carbocycles. The fourth-order valence-electron chi connectivity index (χ4n) is 2.87. The van der Waals surface area contributed by atoms with Crippen molar-refractivity contribution in [1.29, 1.82) is 0 Å². The summed E-state index contributed by atoms with van der Waals surface area (Å²) in [6, 6.07) is 16.9. The molecule has 0 fully saturated rings. The summed E-state index contributed by atoms with van der Waals surface area (Å²) in [6.07, 6.45) is 1.02. The van der Waals surface area contributed by atoms with E-state index in [1.165, 1.54) is 0 Å². The number of carbonyl (C=O) groups is 2. The molecule has 0 bridgehead atoms. The summed E-state index contributed by atoms with van der Waals surface area (Å²) in [5.74, 6) is 0.588. The van der Waals surface area contributed by atoms with Crippen LogP contribution in [0.25, 0.3) is 0 Å². The summed E-state index contributed by atoms with van der Waals surface area (Å²) in [6.45, 7) is 4.57. The minimum absolute atomic E-state index is 0.0339. The molecule has 0 spiro atoms. The average molecular weight is 368 g/mol. The molecule has 0 aromatic heterocycles. The molecular weight excluding hydrogens is 340 g/mol. The van der Waals surface area contributed by atoms with Crippen molar-refractivity contribution in [3.05, 3.63) is 65.7 Å². The monoisotopic (exact) mass is 368 g/mol. The van der Waals surface area contributed by atoms with Crippen molar-refractivity contribution >= 4 is 11.8 Å². The topological polar surface area (TPSA) is 58.6 Å². The van der Waals surface area contributed by atoms with Crippen LogP contribution in [0.5, 0.6) is 5.75 Å². The highest BCUT2D eigenvalue weighted by atomic mass is 16.5. The van der Waals surface area contributed by atoms with E-state index in [0.29, 0.717) is 25.9 Å². The predicted octanol–water partition coefficient (Wildman–Crippen LogP) is 3.18. The molecule has 2 aromatic rings. The SMILES string of the molecule is CCNC(=O)C(C)N(Cc1ccc(OC)cc1)C(=O)CCc1ccccc1. The number of hydrogen-bond donors (Lipinski definition) is 1. The van der Waals surface area contributed by atoms with Gasteiger partial charge < -0.3 is 15.0 Å². The Hall–Kier alpha value is -2.82. The third kappa shape index (κ3) is 6.13. The zero-order valence-electron chi connectivity index (χ0n) is 16.3. The third-order valence-electron chi connectivity index (χ3n) is 4.50. The van der Waals surface area contributed by atoms with Crippen molar-refractivity contribution in [2.75, 3.05) is 13.7 Å². The third-order valence-corrected chi connectivity index (χ3v) is 4.50. The van der Waals surface area contributed by atoms with Gasteiger partial charge in [0.05, 0.1) is 7.11 Å². The van der Waals surface area contributed by atoms with Crippen molar-refractivity contribution in [1.82, 2.24) is 10.2 Å². The van der Waals surface area contributed by atoms with Gasteiger partial charge in [0.25, 0.3) is 0 Å². The lowest BCUT2D eigenvalue weighted by Gasteiger charge is -2.29.